The smallest absolute Gasteiger partial charge is 0.314 e. The number of hydrogen-bond acceptors (Lipinski definition) is 5. The Morgan fingerprint density at radius 3 is 2.14 bits per heavy atom. The van der Waals surface area contributed by atoms with Crippen LogP contribution in [0.5, 0.6) is 0 Å². The van der Waals surface area contributed by atoms with E-state index in [4.69, 9.17) is 0 Å². The van der Waals surface area contributed by atoms with E-state index in [1.165, 1.54) is 0 Å². The maximum atomic E-state index is 9.92. The van der Waals surface area contributed by atoms with Crippen molar-refractivity contribution >= 4 is 16.6 Å². The molecule has 0 aliphatic rings. The number of rotatable bonds is 3. The van der Waals surface area contributed by atoms with Crippen molar-refractivity contribution in [3.05, 3.63) is 25.3 Å². The van der Waals surface area contributed by atoms with Crippen LogP contribution in [0.15, 0.2) is 25.3 Å². The first kappa shape index (κ1) is 12.8. The Bertz CT molecular complexity index is 334. The highest BCUT2D eigenvalue weighted by atomic mass is 32.3. The number of imidazole rings is 1. The molecule has 0 amide bonds. The molecule has 80 valence electrons. The fraction of sp³-hybridized carbons (Fsp3) is 0.286. The highest BCUT2D eigenvalue weighted by molar-refractivity contribution is 7.81. The molecule has 0 fully saturated rings. The van der Waals surface area contributed by atoms with Crippen molar-refractivity contribution in [1.29, 1.82) is 0 Å². The molecule has 0 aliphatic heterocycles. The van der Waals surface area contributed by atoms with E-state index in [0.717, 1.165) is 14.2 Å². The molecule has 0 radical (unpaired) electrons. The maximum Gasteiger partial charge on any atom is 0.399 e. The Balaban J connectivity index is 0.000000241. The lowest BCUT2D eigenvalue weighted by atomic mass is 10.9. The third kappa shape index (κ3) is 5.46. The molecule has 0 spiro atoms. The molecule has 0 bridgehead atoms. The first-order chi connectivity index (χ1) is 6.55. The Kier molecular flexibility index (Phi) is 5.77. The quantitative estimate of drug-likeness (QED) is 0.742. The monoisotopic (exact) mass is 220 g/mol. The minimum Gasteiger partial charge on any atom is -0.314 e. The average molecular weight is 220 g/mol. The van der Waals surface area contributed by atoms with E-state index < -0.39 is 10.4 Å². The molecule has 1 heterocycles. The van der Waals surface area contributed by atoms with Gasteiger partial charge >= 0.3 is 10.4 Å². The van der Waals surface area contributed by atoms with Gasteiger partial charge in [-0.05, 0) is 0 Å². The van der Waals surface area contributed by atoms with Gasteiger partial charge in [-0.1, -0.05) is 6.58 Å². The molecule has 1 aromatic heterocycles. The number of aromatic nitrogens is 2. The van der Waals surface area contributed by atoms with Gasteiger partial charge in [-0.3, -0.25) is 8.37 Å². The highest BCUT2D eigenvalue weighted by Crippen LogP contribution is 1.85. The van der Waals surface area contributed by atoms with Crippen molar-refractivity contribution in [3.63, 3.8) is 0 Å². The van der Waals surface area contributed by atoms with Crippen LogP contribution in [0.1, 0.15) is 0 Å². The standard InChI is InChI=1S/C5H6N2.C2H6O4S/c1-2-7-4-3-6-5-7;1-5-7(3,4)6-2/h2-5H,1H2;1-2H3. The molecule has 0 N–H and O–H groups in total. The van der Waals surface area contributed by atoms with Crippen molar-refractivity contribution < 1.29 is 16.8 Å². The fourth-order valence-electron chi connectivity index (χ4n) is 0.445. The fourth-order valence-corrected chi connectivity index (χ4v) is 0.582. The largest absolute Gasteiger partial charge is 0.399 e. The first-order valence-electron chi connectivity index (χ1n) is 3.52. The summed E-state index contributed by atoms with van der Waals surface area (Å²) in [5.41, 5.74) is 0. The van der Waals surface area contributed by atoms with E-state index in [9.17, 15) is 8.42 Å². The van der Waals surface area contributed by atoms with Crippen LogP contribution in [0.3, 0.4) is 0 Å². The Morgan fingerprint density at radius 1 is 1.43 bits per heavy atom. The van der Waals surface area contributed by atoms with Gasteiger partial charge in [-0.25, -0.2) is 4.98 Å². The van der Waals surface area contributed by atoms with Gasteiger partial charge in [0.05, 0.1) is 20.5 Å². The molecular formula is C7H12N2O4S. The lowest BCUT2D eigenvalue weighted by molar-refractivity contribution is 0.286. The molecule has 0 atom stereocenters. The van der Waals surface area contributed by atoms with Gasteiger partial charge in [0.25, 0.3) is 0 Å². The summed E-state index contributed by atoms with van der Waals surface area (Å²) in [6, 6.07) is 0. The van der Waals surface area contributed by atoms with Crippen LogP contribution in [0.25, 0.3) is 6.20 Å². The second kappa shape index (κ2) is 6.30. The van der Waals surface area contributed by atoms with Crippen LogP contribution < -0.4 is 0 Å². The van der Waals surface area contributed by atoms with Crippen molar-refractivity contribution in [2.45, 2.75) is 0 Å². The van der Waals surface area contributed by atoms with Crippen LogP contribution in [-0.4, -0.2) is 32.2 Å². The van der Waals surface area contributed by atoms with Gasteiger partial charge in [0.1, 0.15) is 0 Å². The van der Waals surface area contributed by atoms with Crippen molar-refractivity contribution in [2.24, 2.45) is 0 Å². The Morgan fingerprint density at radius 2 is 2.00 bits per heavy atom. The molecule has 6 nitrogen and oxygen atoms in total. The minimum atomic E-state index is -3.66. The van der Waals surface area contributed by atoms with Crippen molar-refractivity contribution in [2.75, 3.05) is 14.2 Å². The molecule has 0 saturated carbocycles. The first-order valence-corrected chi connectivity index (χ1v) is 4.85. The molecule has 1 rings (SSSR count). The summed E-state index contributed by atoms with van der Waals surface area (Å²) in [5, 5.41) is 0. The predicted molar refractivity (Wildman–Crippen MR) is 51.6 cm³/mol. The van der Waals surface area contributed by atoms with Gasteiger partial charge in [-0.15, -0.1) is 0 Å². The predicted octanol–water partition coefficient (Wildman–Crippen LogP) is 0.508. The topological polar surface area (TPSA) is 70.4 Å². The second-order valence-electron chi connectivity index (χ2n) is 1.93. The van der Waals surface area contributed by atoms with E-state index in [1.807, 2.05) is 6.20 Å². The van der Waals surface area contributed by atoms with Crippen LogP contribution in [0.4, 0.5) is 0 Å². The van der Waals surface area contributed by atoms with Crippen LogP contribution >= 0.6 is 0 Å². The van der Waals surface area contributed by atoms with E-state index in [-0.39, 0.29) is 0 Å². The van der Waals surface area contributed by atoms with Gasteiger partial charge in [0.15, 0.2) is 0 Å². The molecule has 14 heavy (non-hydrogen) atoms. The summed E-state index contributed by atoms with van der Waals surface area (Å²) < 4.78 is 29.3. The van der Waals surface area contributed by atoms with Crippen LogP contribution in [0, 0.1) is 0 Å². The number of nitrogens with zero attached hydrogens (tertiary/aromatic N) is 2. The molecular weight excluding hydrogens is 208 g/mol. The normalized spacial score (nSPS) is 10.1. The summed E-state index contributed by atoms with van der Waals surface area (Å²) in [4.78, 5) is 3.78. The van der Waals surface area contributed by atoms with Gasteiger partial charge in [0, 0.05) is 18.6 Å². The zero-order valence-electron chi connectivity index (χ0n) is 7.95. The lowest BCUT2D eigenvalue weighted by Crippen LogP contribution is -2.02. The minimum absolute atomic E-state index is 1.03. The zero-order chi connectivity index (χ0) is 11.0. The summed E-state index contributed by atoms with van der Waals surface area (Å²) in [5.74, 6) is 0. The van der Waals surface area contributed by atoms with E-state index >= 15 is 0 Å². The van der Waals surface area contributed by atoms with Crippen LogP contribution in [0.2, 0.25) is 0 Å². The molecule has 0 aromatic carbocycles. The van der Waals surface area contributed by atoms with E-state index in [1.54, 1.807) is 23.3 Å². The lowest BCUT2D eigenvalue weighted by Gasteiger charge is -1.91. The summed E-state index contributed by atoms with van der Waals surface area (Å²) in [6.07, 6.45) is 6.91. The summed E-state index contributed by atoms with van der Waals surface area (Å²) in [6.45, 7) is 3.53. The van der Waals surface area contributed by atoms with Crippen molar-refractivity contribution in [1.82, 2.24) is 9.55 Å². The third-order valence-electron chi connectivity index (χ3n) is 1.14. The molecule has 0 unspecified atom stereocenters. The Labute approximate surface area is 83.1 Å². The highest BCUT2D eigenvalue weighted by Gasteiger charge is 2.01. The zero-order valence-corrected chi connectivity index (χ0v) is 8.77. The SMILES string of the molecule is C=Cn1ccnc1.COS(=O)(=O)OC. The van der Waals surface area contributed by atoms with Gasteiger partial charge < -0.3 is 4.57 Å². The summed E-state index contributed by atoms with van der Waals surface area (Å²) >= 11 is 0. The molecule has 0 aliphatic carbocycles. The summed E-state index contributed by atoms with van der Waals surface area (Å²) in [7, 11) is -1.60. The second-order valence-corrected chi connectivity index (χ2v) is 3.42. The molecule has 1 aromatic rings. The van der Waals surface area contributed by atoms with Crippen LogP contribution in [-0.2, 0) is 18.8 Å². The molecule has 7 heteroatoms. The van der Waals surface area contributed by atoms with Crippen molar-refractivity contribution in [3.8, 4) is 0 Å². The van der Waals surface area contributed by atoms with Gasteiger partial charge in [0.2, 0.25) is 0 Å². The third-order valence-corrected chi connectivity index (χ3v) is 1.96. The van der Waals surface area contributed by atoms with Gasteiger partial charge in [-0.2, -0.15) is 8.42 Å². The van der Waals surface area contributed by atoms with E-state index in [2.05, 4.69) is 19.9 Å². The maximum absolute atomic E-state index is 9.92. The van der Waals surface area contributed by atoms with E-state index in [0.29, 0.717) is 0 Å². The molecule has 0 saturated heterocycles. The average Bonchev–Trinajstić information content (AvgIpc) is 2.71. The number of hydrogen-bond donors (Lipinski definition) is 0. The Hall–Kier alpha value is -1.18.